The first kappa shape index (κ1) is 9.10. The summed E-state index contributed by atoms with van der Waals surface area (Å²) in [6.07, 6.45) is 5.47. The molecule has 1 spiro atoms. The summed E-state index contributed by atoms with van der Waals surface area (Å²) >= 11 is 0. The molecule has 14 heavy (non-hydrogen) atoms. The summed E-state index contributed by atoms with van der Waals surface area (Å²) in [4.78, 5) is 0. The molecule has 0 amide bonds. The lowest BCUT2D eigenvalue weighted by molar-refractivity contribution is -0.168. The van der Waals surface area contributed by atoms with Crippen molar-refractivity contribution in [3.63, 3.8) is 0 Å². The Morgan fingerprint density at radius 1 is 1.29 bits per heavy atom. The highest BCUT2D eigenvalue weighted by Gasteiger charge is 2.51. The standard InChI is InChI=1S/C11H18FNO/c12-11(7-13-8-11)9-2-5-14-10(6-9)3-1-4-10/h9,13H,1-8H2. The number of rotatable bonds is 1. The van der Waals surface area contributed by atoms with Crippen LogP contribution in [0.1, 0.15) is 32.1 Å². The summed E-state index contributed by atoms with van der Waals surface area (Å²) in [6, 6.07) is 0. The second kappa shape index (κ2) is 2.92. The molecule has 0 bridgehead atoms. The van der Waals surface area contributed by atoms with Crippen LogP contribution in [0.3, 0.4) is 0 Å². The maximum absolute atomic E-state index is 14.2. The van der Waals surface area contributed by atoms with Crippen molar-refractivity contribution in [2.45, 2.75) is 43.4 Å². The molecular weight excluding hydrogens is 181 g/mol. The second-order valence-corrected chi connectivity index (χ2v) is 5.21. The van der Waals surface area contributed by atoms with Gasteiger partial charge in [0.25, 0.3) is 0 Å². The highest BCUT2D eigenvalue weighted by Crippen LogP contribution is 2.48. The summed E-state index contributed by atoms with van der Waals surface area (Å²) in [7, 11) is 0. The zero-order valence-electron chi connectivity index (χ0n) is 8.52. The van der Waals surface area contributed by atoms with Crippen molar-refractivity contribution in [1.82, 2.24) is 5.32 Å². The van der Waals surface area contributed by atoms with Gasteiger partial charge in [0.2, 0.25) is 0 Å². The van der Waals surface area contributed by atoms with E-state index in [2.05, 4.69) is 5.32 Å². The van der Waals surface area contributed by atoms with Gasteiger partial charge in [0.05, 0.1) is 5.60 Å². The fourth-order valence-electron chi connectivity index (χ4n) is 3.04. The van der Waals surface area contributed by atoms with Crippen molar-refractivity contribution in [3.8, 4) is 0 Å². The Balaban J connectivity index is 1.69. The summed E-state index contributed by atoms with van der Waals surface area (Å²) in [6.45, 7) is 1.90. The Morgan fingerprint density at radius 2 is 2.07 bits per heavy atom. The van der Waals surface area contributed by atoms with Gasteiger partial charge in [-0.25, -0.2) is 4.39 Å². The Bertz CT molecular complexity index is 227. The Kier molecular flexibility index (Phi) is 1.90. The number of ether oxygens (including phenoxy) is 1. The first-order chi connectivity index (χ1) is 6.73. The second-order valence-electron chi connectivity index (χ2n) is 5.21. The first-order valence-electron chi connectivity index (χ1n) is 5.76. The van der Waals surface area contributed by atoms with Crippen LogP contribution in [0.5, 0.6) is 0 Å². The van der Waals surface area contributed by atoms with Crippen molar-refractivity contribution in [3.05, 3.63) is 0 Å². The molecular formula is C11H18FNO. The van der Waals surface area contributed by atoms with Gasteiger partial charge in [0.15, 0.2) is 0 Å². The Labute approximate surface area is 84.2 Å². The molecule has 2 saturated heterocycles. The number of nitrogens with one attached hydrogen (secondary N) is 1. The molecule has 1 saturated carbocycles. The number of halogens is 1. The van der Waals surface area contributed by atoms with E-state index in [1.807, 2.05) is 0 Å². The van der Waals surface area contributed by atoms with E-state index < -0.39 is 5.67 Å². The van der Waals surface area contributed by atoms with Gasteiger partial charge in [-0.2, -0.15) is 0 Å². The number of hydrogen-bond acceptors (Lipinski definition) is 2. The monoisotopic (exact) mass is 199 g/mol. The maximum atomic E-state index is 14.2. The van der Waals surface area contributed by atoms with Gasteiger partial charge in [-0.15, -0.1) is 0 Å². The van der Waals surface area contributed by atoms with E-state index in [0.717, 1.165) is 32.3 Å². The fraction of sp³-hybridized carbons (Fsp3) is 1.00. The molecule has 2 nitrogen and oxygen atoms in total. The van der Waals surface area contributed by atoms with Crippen LogP contribution >= 0.6 is 0 Å². The van der Waals surface area contributed by atoms with Crippen LogP contribution < -0.4 is 5.32 Å². The van der Waals surface area contributed by atoms with Gasteiger partial charge < -0.3 is 10.1 Å². The van der Waals surface area contributed by atoms with Crippen LogP contribution in [0.4, 0.5) is 4.39 Å². The molecule has 0 radical (unpaired) electrons. The van der Waals surface area contributed by atoms with Gasteiger partial charge in [0.1, 0.15) is 5.67 Å². The van der Waals surface area contributed by atoms with Crippen molar-refractivity contribution in [1.29, 1.82) is 0 Å². The van der Waals surface area contributed by atoms with E-state index in [0.29, 0.717) is 13.1 Å². The van der Waals surface area contributed by atoms with E-state index in [-0.39, 0.29) is 11.5 Å². The van der Waals surface area contributed by atoms with Crippen molar-refractivity contribution in [2.75, 3.05) is 19.7 Å². The molecule has 80 valence electrons. The molecule has 1 atom stereocenters. The smallest absolute Gasteiger partial charge is 0.138 e. The number of hydrogen-bond donors (Lipinski definition) is 1. The summed E-state index contributed by atoms with van der Waals surface area (Å²) in [5.74, 6) is 0.248. The van der Waals surface area contributed by atoms with Crippen LogP contribution in [0.2, 0.25) is 0 Å². The predicted octanol–water partition coefficient (Wildman–Crippen LogP) is 1.65. The maximum Gasteiger partial charge on any atom is 0.138 e. The van der Waals surface area contributed by atoms with Gasteiger partial charge in [-0.1, -0.05) is 0 Å². The molecule has 1 unspecified atom stereocenters. The molecule has 3 rings (SSSR count). The quantitative estimate of drug-likeness (QED) is 0.693. The Morgan fingerprint density at radius 3 is 2.57 bits per heavy atom. The van der Waals surface area contributed by atoms with E-state index in [4.69, 9.17) is 4.74 Å². The van der Waals surface area contributed by atoms with Gasteiger partial charge in [-0.05, 0) is 32.1 Å². The van der Waals surface area contributed by atoms with Gasteiger partial charge >= 0.3 is 0 Å². The van der Waals surface area contributed by atoms with Crippen LogP contribution in [-0.2, 0) is 4.74 Å². The van der Waals surface area contributed by atoms with Crippen LogP contribution in [-0.4, -0.2) is 31.0 Å². The lowest BCUT2D eigenvalue weighted by Gasteiger charge is -2.52. The Hall–Kier alpha value is -0.150. The molecule has 0 aromatic carbocycles. The molecule has 1 aliphatic carbocycles. The third kappa shape index (κ3) is 1.22. The molecule has 2 aliphatic heterocycles. The summed E-state index contributed by atoms with van der Waals surface area (Å²) < 4.78 is 20.0. The third-order valence-electron chi connectivity index (χ3n) is 4.33. The van der Waals surface area contributed by atoms with Gasteiger partial charge in [0, 0.05) is 25.6 Å². The largest absolute Gasteiger partial charge is 0.375 e. The van der Waals surface area contributed by atoms with E-state index in [1.54, 1.807) is 0 Å². The molecule has 3 aliphatic rings. The lowest BCUT2D eigenvalue weighted by atomic mass is 9.67. The van der Waals surface area contributed by atoms with Crippen LogP contribution in [0.15, 0.2) is 0 Å². The van der Waals surface area contributed by atoms with Crippen LogP contribution in [0.25, 0.3) is 0 Å². The highest BCUT2D eigenvalue weighted by atomic mass is 19.1. The topological polar surface area (TPSA) is 21.3 Å². The van der Waals surface area contributed by atoms with E-state index in [9.17, 15) is 4.39 Å². The highest BCUT2D eigenvalue weighted by molar-refractivity contribution is 5.04. The van der Waals surface area contributed by atoms with Crippen molar-refractivity contribution < 1.29 is 9.13 Å². The fourth-order valence-corrected chi connectivity index (χ4v) is 3.04. The summed E-state index contributed by atoms with van der Waals surface area (Å²) in [5, 5.41) is 3.05. The van der Waals surface area contributed by atoms with E-state index in [1.165, 1.54) is 6.42 Å². The molecule has 0 aromatic heterocycles. The molecule has 0 aromatic rings. The minimum Gasteiger partial charge on any atom is -0.375 e. The molecule has 3 fully saturated rings. The minimum absolute atomic E-state index is 0.0948. The van der Waals surface area contributed by atoms with Crippen LogP contribution in [0, 0.1) is 5.92 Å². The first-order valence-corrected chi connectivity index (χ1v) is 5.76. The number of alkyl halides is 1. The van der Waals surface area contributed by atoms with Gasteiger partial charge in [-0.3, -0.25) is 0 Å². The third-order valence-corrected chi connectivity index (χ3v) is 4.33. The normalized spacial score (nSPS) is 38.8. The van der Waals surface area contributed by atoms with E-state index >= 15 is 0 Å². The zero-order valence-corrected chi connectivity index (χ0v) is 8.52. The minimum atomic E-state index is -0.910. The average Bonchev–Trinajstić information content (AvgIpc) is 2.12. The van der Waals surface area contributed by atoms with Crippen molar-refractivity contribution in [2.24, 2.45) is 5.92 Å². The molecule has 1 N–H and O–H groups in total. The predicted molar refractivity (Wildman–Crippen MR) is 52.0 cm³/mol. The SMILES string of the molecule is FC1(C2CCOC3(CCC3)C2)CNC1. The molecule has 3 heteroatoms. The molecule has 2 heterocycles. The van der Waals surface area contributed by atoms with Crippen molar-refractivity contribution >= 4 is 0 Å². The average molecular weight is 199 g/mol. The summed E-state index contributed by atoms with van der Waals surface area (Å²) in [5.41, 5.74) is -0.816. The lowest BCUT2D eigenvalue weighted by Crippen LogP contribution is -2.63. The zero-order chi connectivity index (χ0) is 9.65.